The van der Waals surface area contributed by atoms with Crippen LogP contribution in [0.15, 0.2) is 0 Å². The van der Waals surface area contributed by atoms with E-state index in [1.54, 1.807) is 0 Å². The van der Waals surface area contributed by atoms with Gasteiger partial charge in [0, 0.05) is 0 Å². The highest BCUT2D eigenvalue weighted by Gasteiger charge is 2.26. The molecule has 0 spiro atoms. The Labute approximate surface area is 63.7 Å². The van der Waals surface area contributed by atoms with E-state index < -0.39 is 0 Å². The largest absolute Gasteiger partial charge is 0.349 e. The van der Waals surface area contributed by atoms with E-state index in [4.69, 9.17) is 9.47 Å². The van der Waals surface area contributed by atoms with Gasteiger partial charge in [-0.1, -0.05) is 15.9 Å². The fraction of sp³-hybridized carbons (Fsp3) is 1.00. The maximum absolute atomic E-state index is 5.31. The number of alkyl halides is 1. The molecule has 0 aliphatic carbocycles. The third-order valence-electron chi connectivity index (χ3n) is 1.22. The highest BCUT2D eigenvalue weighted by Crippen LogP contribution is 2.19. The van der Waals surface area contributed by atoms with Gasteiger partial charge in [0.15, 0.2) is 5.79 Å². The molecule has 9 heavy (non-hydrogen) atoms. The Balaban J connectivity index is 2.35. The molecule has 3 heteroatoms. The zero-order valence-corrected chi connectivity index (χ0v) is 7.27. The van der Waals surface area contributed by atoms with Gasteiger partial charge in [-0.2, -0.15) is 0 Å². The van der Waals surface area contributed by atoms with Crippen molar-refractivity contribution < 1.29 is 9.47 Å². The average Bonchev–Trinajstić information content (AvgIpc) is 1.78. The summed E-state index contributed by atoms with van der Waals surface area (Å²) in [5.41, 5.74) is 0. The van der Waals surface area contributed by atoms with E-state index in [9.17, 15) is 0 Å². The second-order valence-corrected chi connectivity index (χ2v) is 3.91. The highest BCUT2D eigenvalue weighted by atomic mass is 79.9. The Morgan fingerprint density at radius 1 is 1.33 bits per heavy atom. The lowest BCUT2D eigenvalue weighted by Gasteiger charge is -2.32. The van der Waals surface area contributed by atoms with Crippen LogP contribution in [-0.4, -0.2) is 23.8 Å². The predicted octanol–water partition coefficient (Wildman–Crippen LogP) is 1.53. The van der Waals surface area contributed by atoms with Crippen LogP contribution in [0, 0.1) is 0 Å². The van der Waals surface area contributed by atoms with Gasteiger partial charge >= 0.3 is 0 Å². The van der Waals surface area contributed by atoms with Crippen LogP contribution >= 0.6 is 15.9 Å². The molecule has 0 amide bonds. The summed E-state index contributed by atoms with van der Waals surface area (Å²) in [6.45, 7) is 5.33. The van der Waals surface area contributed by atoms with E-state index >= 15 is 0 Å². The lowest BCUT2D eigenvalue weighted by Crippen LogP contribution is -2.39. The molecule has 1 aliphatic heterocycles. The summed E-state index contributed by atoms with van der Waals surface area (Å²) in [4.78, 5) is 0.366. The van der Waals surface area contributed by atoms with Gasteiger partial charge in [-0.15, -0.1) is 0 Å². The molecule has 1 saturated heterocycles. The van der Waals surface area contributed by atoms with Gasteiger partial charge in [-0.3, -0.25) is 0 Å². The molecule has 0 aromatic heterocycles. The molecule has 54 valence electrons. The van der Waals surface area contributed by atoms with Crippen LogP contribution in [0.5, 0.6) is 0 Å². The average molecular weight is 195 g/mol. The molecular weight excluding hydrogens is 184 g/mol. The molecule has 1 rings (SSSR count). The zero-order valence-electron chi connectivity index (χ0n) is 5.69. The first kappa shape index (κ1) is 7.51. The van der Waals surface area contributed by atoms with Crippen LogP contribution in [0.3, 0.4) is 0 Å². The van der Waals surface area contributed by atoms with E-state index in [1.807, 2.05) is 13.8 Å². The molecule has 0 N–H and O–H groups in total. The lowest BCUT2D eigenvalue weighted by atomic mass is 10.3. The standard InChI is InChI=1S/C6H11BrO2/c1-6(2)8-3-5(7)4-9-6/h5H,3-4H2,1-2H3. The Bertz CT molecular complexity index is 93.2. The molecule has 0 aromatic rings. The van der Waals surface area contributed by atoms with E-state index in [2.05, 4.69) is 15.9 Å². The molecule has 0 saturated carbocycles. The Morgan fingerprint density at radius 3 is 2.11 bits per heavy atom. The minimum absolute atomic E-state index is 0.366. The predicted molar refractivity (Wildman–Crippen MR) is 38.7 cm³/mol. The number of halogens is 1. The monoisotopic (exact) mass is 194 g/mol. The molecule has 1 aliphatic rings. The van der Waals surface area contributed by atoms with Crippen molar-refractivity contribution in [3.63, 3.8) is 0 Å². The quantitative estimate of drug-likeness (QED) is 0.545. The summed E-state index contributed by atoms with van der Waals surface area (Å²) < 4.78 is 10.6. The Hall–Kier alpha value is 0.400. The topological polar surface area (TPSA) is 18.5 Å². The van der Waals surface area contributed by atoms with E-state index in [1.165, 1.54) is 0 Å². The van der Waals surface area contributed by atoms with Crippen molar-refractivity contribution in [3.05, 3.63) is 0 Å². The van der Waals surface area contributed by atoms with E-state index in [-0.39, 0.29) is 5.79 Å². The minimum Gasteiger partial charge on any atom is -0.349 e. The van der Waals surface area contributed by atoms with Crippen LogP contribution in [0.25, 0.3) is 0 Å². The van der Waals surface area contributed by atoms with Crippen LogP contribution in [0.2, 0.25) is 0 Å². The number of ether oxygens (including phenoxy) is 2. The fourth-order valence-corrected chi connectivity index (χ4v) is 0.936. The van der Waals surface area contributed by atoms with Crippen LogP contribution in [-0.2, 0) is 9.47 Å². The van der Waals surface area contributed by atoms with Gasteiger partial charge in [0.1, 0.15) is 0 Å². The zero-order chi connectivity index (χ0) is 6.91. The van der Waals surface area contributed by atoms with Gasteiger partial charge in [0.25, 0.3) is 0 Å². The maximum atomic E-state index is 5.31. The molecule has 0 radical (unpaired) electrons. The minimum atomic E-state index is -0.371. The van der Waals surface area contributed by atoms with E-state index in [0.717, 1.165) is 13.2 Å². The van der Waals surface area contributed by atoms with E-state index in [0.29, 0.717) is 4.83 Å². The van der Waals surface area contributed by atoms with Crippen molar-refractivity contribution in [1.82, 2.24) is 0 Å². The second-order valence-electron chi connectivity index (χ2n) is 2.62. The molecule has 2 nitrogen and oxygen atoms in total. The normalized spacial score (nSPS) is 28.3. The van der Waals surface area contributed by atoms with Crippen LogP contribution in [0.4, 0.5) is 0 Å². The summed E-state index contributed by atoms with van der Waals surface area (Å²) in [6, 6.07) is 0. The maximum Gasteiger partial charge on any atom is 0.162 e. The van der Waals surface area contributed by atoms with Crippen LogP contribution < -0.4 is 0 Å². The van der Waals surface area contributed by atoms with Gasteiger partial charge < -0.3 is 9.47 Å². The van der Waals surface area contributed by atoms with Crippen molar-refractivity contribution >= 4 is 15.9 Å². The SMILES string of the molecule is CC1(C)OCC(Br)CO1. The highest BCUT2D eigenvalue weighted by molar-refractivity contribution is 9.09. The second kappa shape index (κ2) is 2.56. The first-order valence-electron chi connectivity index (χ1n) is 3.02. The van der Waals surface area contributed by atoms with Gasteiger partial charge in [-0.25, -0.2) is 0 Å². The Morgan fingerprint density at radius 2 is 1.78 bits per heavy atom. The number of hydrogen-bond donors (Lipinski definition) is 0. The van der Waals surface area contributed by atoms with Crippen molar-refractivity contribution in [2.24, 2.45) is 0 Å². The first-order valence-corrected chi connectivity index (χ1v) is 3.94. The fourth-order valence-electron chi connectivity index (χ4n) is 0.672. The molecular formula is C6H11BrO2. The van der Waals surface area contributed by atoms with Crippen molar-refractivity contribution in [1.29, 1.82) is 0 Å². The molecule has 0 atom stereocenters. The van der Waals surface area contributed by atoms with Gasteiger partial charge in [-0.05, 0) is 13.8 Å². The molecule has 0 unspecified atom stereocenters. The molecule has 1 fully saturated rings. The number of hydrogen-bond acceptors (Lipinski definition) is 2. The van der Waals surface area contributed by atoms with Crippen molar-refractivity contribution in [2.75, 3.05) is 13.2 Å². The summed E-state index contributed by atoms with van der Waals surface area (Å²) in [6.07, 6.45) is 0. The van der Waals surface area contributed by atoms with Gasteiger partial charge in [0.2, 0.25) is 0 Å². The summed E-state index contributed by atoms with van der Waals surface area (Å²) in [5, 5.41) is 0. The van der Waals surface area contributed by atoms with Gasteiger partial charge in [0.05, 0.1) is 18.0 Å². The molecule has 0 bridgehead atoms. The third kappa shape index (κ3) is 2.24. The lowest BCUT2D eigenvalue weighted by molar-refractivity contribution is -0.240. The third-order valence-corrected chi connectivity index (χ3v) is 1.75. The Kier molecular flexibility index (Phi) is 2.14. The first-order chi connectivity index (χ1) is 4.10. The number of rotatable bonds is 0. The van der Waals surface area contributed by atoms with Crippen molar-refractivity contribution in [3.8, 4) is 0 Å². The van der Waals surface area contributed by atoms with Crippen molar-refractivity contribution in [2.45, 2.75) is 24.5 Å². The van der Waals surface area contributed by atoms with Crippen LogP contribution in [0.1, 0.15) is 13.8 Å². The smallest absolute Gasteiger partial charge is 0.162 e. The molecule has 0 aromatic carbocycles. The molecule has 1 heterocycles. The summed E-state index contributed by atoms with van der Waals surface area (Å²) in [5.74, 6) is -0.371. The summed E-state index contributed by atoms with van der Waals surface area (Å²) >= 11 is 3.39. The summed E-state index contributed by atoms with van der Waals surface area (Å²) in [7, 11) is 0.